The van der Waals surface area contributed by atoms with Crippen molar-refractivity contribution in [2.24, 2.45) is 0 Å². The summed E-state index contributed by atoms with van der Waals surface area (Å²) >= 11 is 1.21. The van der Waals surface area contributed by atoms with Crippen molar-refractivity contribution in [2.45, 2.75) is 6.42 Å². The molecule has 0 saturated heterocycles. The van der Waals surface area contributed by atoms with Gasteiger partial charge in [0.1, 0.15) is 17.5 Å². The van der Waals surface area contributed by atoms with E-state index in [2.05, 4.69) is 4.98 Å². The molecule has 0 radical (unpaired) electrons. The van der Waals surface area contributed by atoms with Crippen molar-refractivity contribution in [3.05, 3.63) is 51.7 Å². The molecule has 2 aromatic rings. The first-order valence-electron chi connectivity index (χ1n) is 4.63. The summed E-state index contributed by atoms with van der Waals surface area (Å²) in [6.45, 7) is 0. The van der Waals surface area contributed by atoms with Gasteiger partial charge in [-0.1, -0.05) is 0 Å². The van der Waals surface area contributed by atoms with E-state index in [1.54, 1.807) is 0 Å². The van der Waals surface area contributed by atoms with E-state index in [0.29, 0.717) is 17.0 Å². The molecule has 0 amide bonds. The van der Waals surface area contributed by atoms with Crippen LogP contribution in [0.2, 0.25) is 0 Å². The normalized spacial score (nSPS) is 10.5. The van der Waals surface area contributed by atoms with Gasteiger partial charge in [-0.15, -0.1) is 11.3 Å². The van der Waals surface area contributed by atoms with Gasteiger partial charge in [0.2, 0.25) is 0 Å². The van der Waals surface area contributed by atoms with Gasteiger partial charge in [0.05, 0.1) is 11.1 Å². The summed E-state index contributed by atoms with van der Waals surface area (Å²) in [6.07, 6.45) is 1.30. The van der Waals surface area contributed by atoms with Crippen LogP contribution in [0.25, 0.3) is 0 Å². The molecule has 1 aromatic heterocycles. The summed E-state index contributed by atoms with van der Waals surface area (Å²) in [5.41, 5.74) is 0.805. The molecule has 17 heavy (non-hydrogen) atoms. The highest BCUT2D eigenvalue weighted by Gasteiger charge is 2.19. The van der Waals surface area contributed by atoms with Gasteiger partial charge >= 0.3 is 0 Å². The smallest absolute Gasteiger partial charge is 0.174 e. The largest absolute Gasteiger partial charge is 0.294 e. The van der Waals surface area contributed by atoms with E-state index in [-0.39, 0.29) is 6.42 Å². The molecule has 0 N–H and O–H groups in total. The van der Waals surface area contributed by atoms with E-state index in [9.17, 15) is 18.0 Å². The lowest BCUT2D eigenvalue weighted by Gasteiger charge is -2.03. The maximum atomic E-state index is 13.3. The fraction of sp³-hybridized carbons (Fsp3) is 0.0909. The first-order chi connectivity index (χ1) is 8.08. The molecule has 0 spiro atoms. The van der Waals surface area contributed by atoms with Crippen LogP contribution < -0.4 is 0 Å². The minimum Gasteiger partial charge on any atom is -0.294 e. The highest BCUT2D eigenvalue weighted by molar-refractivity contribution is 7.09. The van der Waals surface area contributed by atoms with Crippen LogP contribution in [-0.4, -0.2) is 10.8 Å². The Morgan fingerprint density at radius 2 is 1.88 bits per heavy atom. The quantitative estimate of drug-likeness (QED) is 0.791. The van der Waals surface area contributed by atoms with Gasteiger partial charge in [-0.3, -0.25) is 9.78 Å². The van der Waals surface area contributed by atoms with Crippen LogP contribution in [0.3, 0.4) is 0 Å². The van der Waals surface area contributed by atoms with Crippen LogP contribution in [0.15, 0.2) is 23.8 Å². The Hall–Kier alpha value is -1.69. The number of ketones is 1. The number of rotatable bonds is 3. The lowest BCUT2D eigenvalue weighted by Crippen LogP contribution is -2.09. The van der Waals surface area contributed by atoms with E-state index in [4.69, 9.17) is 0 Å². The first kappa shape index (κ1) is 11.8. The van der Waals surface area contributed by atoms with Crippen molar-refractivity contribution in [3.63, 3.8) is 0 Å². The summed E-state index contributed by atoms with van der Waals surface area (Å²) < 4.78 is 39.2. The Kier molecular flexibility index (Phi) is 3.23. The fourth-order valence-electron chi connectivity index (χ4n) is 1.38. The van der Waals surface area contributed by atoms with Crippen molar-refractivity contribution in [2.75, 3.05) is 0 Å². The standard InChI is InChI=1S/C11H6F3NOS/c12-6-1-8(13)11(9(14)2-6)10(16)3-7-4-15-5-17-7/h1-2,4-5H,3H2. The number of benzene rings is 1. The summed E-state index contributed by atoms with van der Waals surface area (Å²) in [5, 5.41) is 0. The third-order valence-corrected chi connectivity index (χ3v) is 2.88. The summed E-state index contributed by atoms with van der Waals surface area (Å²) in [6, 6.07) is 0.978. The second-order valence-electron chi connectivity index (χ2n) is 3.31. The van der Waals surface area contributed by atoms with Crippen LogP contribution in [0, 0.1) is 17.5 Å². The summed E-state index contributed by atoms with van der Waals surface area (Å²) in [7, 11) is 0. The highest BCUT2D eigenvalue weighted by atomic mass is 32.1. The van der Waals surface area contributed by atoms with E-state index < -0.39 is 28.8 Å². The maximum Gasteiger partial charge on any atom is 0.174 e. The van der Waals surface area contributed by atoms with Crippen LogP contribution in [0.1, 0.15) is 15.2 Å². The lowest BCUT2D eigenvalue weighted by atomic mass is 10.1. The molecule has 2 rings (SSSR count). The molecule has 2 nitrogen and oxygen atoms in total. The summed E-state index contributed by atoms with van der Waals surface area (Å²) in [4.78, 5) is 16.0. The molecule has 0 aliphatic carbocycles. The lowest BCUT2D eigenvalue weighted by molar-refractivity contribution is 0.0985. The third-order valence-electron chi connectivity index (χ3n) is 2.10. The van der Waals surface area contributed by atoms with Crippen molar-refractivity contribution >= 4 is 17.1 Å². The molecule has 88 valence electrons. The number of hydrogen-bond acceptors (Lipinski definition) is 3. The molecule has 0 saturated carbocycles. The molecular formula is C11H6F3NOS. The number of halogens is 3. The van der Waals surface area contributed by atoms with E-state index in [1.807, 2.05) is 0 Å². The van der Waals surface area contributed by atoms with Crippen LogP contribution >= 0.6 is 11.3 Å². The van der Waals surface area contributed by atoms with Crippen LogP contribution in [0.4, 0.5) is 13.2 Å². The number of carbonyl (C=O) groups is 1. The molecule has 0 bridgehead atoms. The summed E-state index contributed by atoms with van der Waals surface area (Å²) in [5.74, 6) is -4.15. The zero-order valence-electron chi connectivity index (χ0n) is 8.41. The molecular weight excluding hydrogens is 251 g/mol. The number of aromatic nitrogens is 1. The van der Waals surface area contributed by atoms with Crippen molar-refractivity contribution < 1.29 is 18.0 Å². The number of thiazole rings is 1. The van der Waals surface area contributed by atoms with Crippen molar-refractivity contribution in [3.8, 4) is 0 Å². The number of nitrogens with zero attached hydrogens (tertiary/aromatic N) is 1. The van der Waals surface area contributed by atoms with Gasteiger partial charge in [-0.05, 0) is 0 Å². The monoisotopic (exact) mass is 257 g/mol. The van der Waals surface area contributed by atoms with E-state index in [1.165, 1.54) is 23.0 Å². The SMILES string of the molecule is O=C(Cc1cncs1)c1c(F)cc(F)cc1F. The Labute approximate surface area is 98.7 Å². The highest BCUT2D eigenvalue weighted by Crippen LogP contribution is 2.18. The second-order valence-corrected chi connectivity index (χ2v) is 4.28. The van der Waals surface area contributed by atoms with Gasteiger partial charge < -0.3 is 0 Å². The minimum atomic E-state index is -1.18. The van der Waals surface area contributed by atoms with E-state index >= 15 is 0 Å². The van der Waals surface area contributed by atoms with Gasteiger partial charge in [0, 0.05) is 29.6 Å². The Bertz CT molecular complexity index is 531. The molecule has 0 aliphatic rings. The minimum absolute atomic E-state index is 0.149. The molecule has 0 unspecified atom stereocenters. The topological polar surface area (TPSA) is 30.0 Å². The maximum absolute atomic E-state index is 13.3. The number of carbonyl (C=O) groups excluding carboxylic acids is 1. The second kappa shape index (κ2) is 4.67. The fourth-order valence-corrected chi connectivity index (χ4v) is 1.98. The molecule has 0 aliphatic heterocycles. The average Bonchev–Trinajstić information content (AvgIpc) is 2.68. The van der Waals surface area contributed by atoms with Gasteiger partial charge in [0.15, 0.2) is 5.78 Å². The predicted octanol–water partition coefficient (Wildman–Crippen LogP) is 2.99. The van der Waals surface area contributed by atoms with Gasteiger partial charge in [-0.2, -0.15) is 0 Å². The molecule has 0 fully saturated rings. The first-order valence-corrected chi connectivity index (χ1v) is 5.51. The zero-order chi connectivity index (χ0) is 12.4. The Balaban J connectivity index is 2.31. The van der Waals surface area contributed by atoms with Crippen LogP contribution in [-0.2, 0) is 6.42 Å². The molecule has 0 atom stereocenters. The average molecular weight is 257 g/mol. The molecule has 6 heteroatoms. The Morgan fingerprint density at radius 3 is 2.41 bits per heavy atom. The van der Waals surface area contributed by atoms with Gasteiger partial charge in [0.25, 0.3) is 0 Å². The Morgan fingerprint density at radius 1 is 1.24 bits per heavy atom. The van der Waals surface area contributed by atoms with Crippen LogP contribution in [0.5, 0.6) is 0 Å². The van der Waals surface area contributed by atoms with Crippen molar-refractivity contribution in [1.82, 2.24) is 4.98 Å². The predicted molar refractivity (Wildman–Crippen MR) is 56.5 cm³/mol. The molecule has 1 heterocycles. The third kappa shape index (κ3) is 2.52. The van der Waals surface area contributed by atoms with Gasteiger partial charge in [-0.25, -0.2) is 13.2 Å². The number of hydrogen-bond donors (Lipinski definition) is 0. The van der Waals surface area contributed by atoms with Crippen molar-refractivity contribution in [1.29, 1.82) is 0 Å². The number of Topliss-reactive ketones (excluding diaryl/α,β-unsaturated/α-hetero) is 1. The molecule has 1 aromatic carbocycles. The zero-order valence-corrected chi connectivity index (χ0v) is 9.23. The van der Waals surface area contributed by atoms with E-state index in [0.717, 1.165) is 0 Å².